The number of aryl methyl sites for hydroxylation is 1. The normalized spacial score (nSPS) is 11.3. The van der Waals surface area contributed by atoms with Crippen molar-refractivity contribution in [1.82, 2.24) is 5.43 Å². The molecule has 0 unspecified atom stereocenters. The van der Waals surface area contributed by atoms with E-state index in [1.807, 2.05) is 6.92 Å². The van der Waals surface area contributed by atoms with Gasteiger partial charge in [-0.1, -0.05) is 45.8 Å². The Balaban J connectivity index is 1.82. The highest BCUT2D eigenvalue weighted by atomic mass is 79.9. The Labute approximate surface area is 199 Å². The number of halogens is 1. The number of carbonyl (C=O) groups excluding carboxylic acids is 1. The summed E-state index contributed by atoms with van der Waals surface area (Å²) in [5.74, 6) is -0.685. The second-order valence-corrected chi connectivity index (χ2v) is 9.72. The zero-order valence-corrected chi connectivity index (χ0v) is 19.8. The predicted molar refractivity (Wildman–Crippen MR) is 129 cm³/mol. The first-order valence-electron chi connectivity index (χ1n) is 9.58. The molecule has 0 atom stereocenters. The van der Waals surface area contributed by atoms with E-state index in [1.54, 1.807) is 42.5 Å². The van der Waals surface area contributed by atoms with Gasteiger partial charge < -0.3 is 0 Å². The third kappa shape index (κ3) is 6.24. The van der Waals surface area contributed by atoms with Crippen molar-refractivity contribution in [2.75, 3.05) is 10.8 Å². The third-order valence-corrected chi connectivity index (χ3v) is 6.81. The summed E-state index contributed by atoms with van der Waals surface area (Å²) in [4.78, 5) is 22.9. The molecule has 170 valence electrons. The average Bonchev–Trinajstić information content (AvgIpc) is 2.78. The first-order chi connectivity index (χ1) is 15.7. The molecule has 33 heavy (non-hydrogen) atoms. The minimum Gasteiger partial charge on any atom is -0.271 e. The largest absolute Gasteiger partial charge is 0.271 e. The van der Waals surface area contributed by atoms with E-state index in [1.165, 1.54) is 36.5 Å². The smallest absolute Gasteiger partial charge is 0.270 e. The second kappa shape index (κ2) is 10.4. The fourth-order valence-corrected chi connectivity index (χ4v) is 4.51. The summed E-state index contributed by atoms with van der Waals surface area (Å²) >= 11 is 3.31. The monoisotopic (exact) mass is 530 g/mol. The van der Waals surface area contributed by atoms with E-state index in [9.17, 15) is 23.3 Å². The molecule has 0 spiro atoms. The molecule has 11 heteroatoms. The number of rotatable bonds is 8. The molecule has 1 N–H and O–H groups in total. The predicted octanol–water partition coefficient (Wildman–Crippen LogP) is 4.01. The van der Waals surface area contributed by atoms with Gasteiger partial charge in [0.25, 0.3) is 21.6 Å². The van der Waals surface area contributed by atoms with Crippen molar-refractivity contribution in [1.29, 1.82) is 0 Å². The van der Waals surface area contributed by atoms with Gasteiger partial charge in [-0.25, -0.2) is 13.8 Å². The van der Waals surface area contributed by atoms with Gasteiger partial charge in [0.2, 0.25) is 0 Å². The van der Waals surface area contributed by atoms with E-state index in [4.69, 9.17) is 0 Å². The van der Waals surface area contributed by atoms with Crippen LogP contribution in [-0.4, -0.2) is 32.0 Å². The van der Waals surface area contributed by atoms with Gasteiger partial charge in [-0.05, 0) is 43.3 Å². The number of sulfonamides is 1. The molecule has 0 saturated carbocycles. The molecule has 0 aliphatic rings. The van der Waals surface area contributed by atoms with Gasteiger partial charge in [-0.15, -0.1) is 0 Å². The van der Waals surface area contributed by atoms with E-state index in [-0.39, 0.29) is 10.6 Å². The van der Waals surface area contributed by atoms with Crippen molar-refractivity contribution >= 4 is 49.4 Å². The van der Waals surface area contributed by atoms with Crippen LogP contribution in [0.15, 0.2) is 87.3 Å². The molecule has 0 saturated heterocycles. The number of carbonyl (C=O) groups is 1. The second-order valence-electron chi connectivity index (χ2n) is 6.95. The maximum atomic E-state index is 13.3. The highest BCUT2D eigenvalue weighted by Crippen LogP contribution is 2.25. The van der Waals surface area contributed by atoms with E-state index in [0.29, 0.717) is 11.3 Å². The molecule has 1 amide bonds. The summed E-state index contributed by atoms with van der Waals surface area (Å²) < 4.78 is 28.3. The Hall–Kier alpha value is -3.57. The molecule has 3 aromatic carbocycles. The number of nitrogens with zero attached hydrogens (tertiary/aromatic N) is 3. The molecule has 3 rings (SSSR count). The number of non-ortho nitro benzene ring substituents is 1. The average molecular weight is 531 g/mol. The van der Waals surface area contributed by atoms with Crippen LogP contribution in [0.2, 0.25) is 0 Å². The molecule has 0 aromatic heterocycles. The molecular weight excluding hydrogens is 512 g/mol. The van der Waals surface area contributed by atoms with Gasteiger partial charge in [0, 0.05) is 22.2 Å². The summed E-state index contributed by atoms with van der Waals surface area (Å²) in [5, 5.41) is 14.7. The molecule has 0 aliphatic carbocycles. The Kier molecular flexibility index (Phi) is 7.56. The van der Waals surface area contributed by atoms with Gasteiger partial charge in [0.1, 0.15) is 6.54 Å². The van der Waals surface area contributed by atoms with E-state index in [0.717, 1.165) is 14.3 Å². The van der Waals surface area contributed by atoms with Gasteiger partial charge in [0.15, 0.2) is 0 Å². The van der Waals surface area contributed by atoms with Crippen LogP contribution in [0.3, 0.4) is 0 Å². The highest BCUT2D eigenvalue weighted by molar-refractivity contribution is 9.10. The third-order valence-electron chi connectivity index (χ3n) is 4.49. The van der Waals surface area contributed by atoms with E-state index >= 15 is 0 Å². The number of hydrazone groups is 1. The number of nitro groups is 1. The summed E-state index contributed by atoms with van der Waals surface area (Å²) in [6.45, 7) is 1.32. The SMILES string of the molecule is Cc1ccc(S(=O)(=O)N(CC(=O)N/N=C\c2cccc([N+](=O)[O-])c2)c2ccc(Br)cc2)cc1. The number of nitro benzene ring substituents is 1. The quantitative estimate of drug-likeness (QED) is 0.267. The summed E-state index contributed by atoms with van der Waals surface area (Å²) in [6, 6.07) is 18.5. The Morgan fingerprint density at radius 1 is 1.12 bits per heavy atom. The van der Waals surface area contributed by atoms with E-state index < -0.39 is 27.4 Å². The van der Waals surface area contributed by atoms with Crippen LogP contribution in [-0.2, 0) is 14.8 Å². The van der Waals surface area contributed by atoms with Crippen molar-refractivity contribution in [2.45, 2.75) is 11.8 Å². The van der Waals surface area contributed by atoms with Gasteiger partial charge in [-0.3, -0.25) is 19.2 Å². The van der Waals surface area contributed by atoms with E-state index in [2.05, 4.69) is 26.5 Å². The topological polar surface area (TPSA) is 122 Å². The maximum Gasteiger partial charge on any atom is 0.270 e. The fraction of sp³-hybridized carbons (Fsp3) is 0.0909. The number of benzene rings is 3. The van der Waals surface area contributed by atoms with Crippen LogP contribution >= 0.6 is 15.9 Å². The number of anilines is 1. The zero-order chi connectivity index (χ0) is 24.0. The molecule has 0 heterocycles. The van der Waals surface area contributed by atoms with Crippen molar-refractivity contribution in [3.8, 4) is 0 Å². The lowest BCUT2D eigenvalue weighted by atomic mass is 10.2. The molecule has 0 bridgehead atoms. The van der Waals surface area contributed by atoms with Gasteiger partial charge in [-0.2, -0.15) is 5.10 Å². The first kappa shape index (κ1) is 24.1. The standard InChI is InChI=1S/C22H19BrN4O5S/c1-16-5-11-21(12-6-16)33(31,32)26(19-9-7-18(23)8-10-19)15-22(28)25-24-14-17-3-2-4-20(13-17)27(29)30/h2-14H,15H2,1H3,(H,25,28)/b24-14-. The van der Waals surface area contributed by atoms with Crippen LogP contribution in [0, 0.1) is 17.0 Å². The minimum absolute atomic E-state index is 0.0453. The lowest BCUT2D eigenvalue weighted by molar-refractivity contribution is -0.384. The number of hydrogen-bond acceptors (Lipinski definition) is 6. The lowest BCUT2D eigenvalue weighted by Gasteiger charge is -2.23. The fourth-order valence-electron chi connectivity index (χ4n) is 2.82. The van der Waals surface area contributed by atoms with Crippen molar-refractivity contribution in [3.63, 3.8) is 0 Å². The number of hydrogen-bond donors (Lipinski definition) is 1. The minimum atomic E-state index is -4.04. The summed E-state index contributed by atoms with van der Waals surface area (Å²) in [7, 11) is -4.04. The Bertz CT molecular complexity index is 1290. The highest BCUT2D eigenvalue weighted by Gasteiger charge is 2.27. The van der Waals surface area contributed by atoms with Crippen LogP contribution in [0.5, 0.6) is 0 Å². The molecular formula is C22H19BrN4O5S. The van der Waals surface area contributed by atoms with Crippen LogP contribution in [0.1, 0.15) is 11.1 Å². The van der Waals surface area contributed by atoms with Gasteiger partial charge in [0.05, 0.1) is 21.7 Å². The Morgan fingerprint density at radius 3 is 2.42 bits per heavy atom. The molecule has 0 fully saturated rings. The van der Waals surface area contributed by atoms with Crippen LogP contribution < -0.4 is 9.73 Å². The summed E-state index contributed by atoms with van der Waals surface area (Å²) in [6.07, 6.45) is 1.24. The Morgan fingerprint density at radius 2 is 1.79 bits per heavy atom. The summed E-state index contributed by atoms with van der Waals surface area (Å²) in [5.41, 5.74) is 3.76. The molecule has 0 radical (unpaired) electrons. The molecule has 3 aromatic rings. The van der Waals surface area contributed by atoms with Gasteiger partial charge >= 0.3 is 0 Å². The molecule has 9 nitrogen and oxygen atoms in total. The number of amides is 1. The molecule has 0 aliphatic heterocycles. The zero-order valence-electron chi connectivity index (χ0n) is 17.4. The van der Waals surface area contributed by atoms with Crippen molar-refractivity contribution < 1.29 is 18.1 Å². The van der Waals surface area contributed by atoms with Crippen LogP contribution in [0.4, 0.5) is 11.4 Å². The van der Waals surface area contributed by atoms with Crippen molar-refractivity contribution in [3.05, 3.63) is 98.5 Å². The van der Waals surface area contributed by atoms with Crippen molar-refractivity contribution in [2.24, 2.45) is 5.10 Å². The number of nitrogens with one attached hydrogen (secondary N) is 1. The lowest BCUT2D eigenvalue weighted by Crippen LogP contribution is -2.39. The maximum absolute atomic E-state index is 13.3. The first-order valence-corrected chi connectivity index (χ1v) is 11.8. The van der Waals surface area contributed by atoms with Crippen LogP contribution in [0.25, 0.3) is 0 Å².